The number of thioether (sulfide) groups is 1. The number of furan rings is 1. The molecule has 0 aliphatic heterocycles. The molecule has 3 aromatic rings. The van der Waals surface area contributed by atoms with E-state index in [4.69, 9.17) is 10.2 Å². The van der Waals surface area contributed by atoms with Gasteiger partial charge in [0, 0.05) is 6.54 Å². The molecule has 3 N–H and O–H groups in total. The van der Waals surface area contributed by atoms with Gasteiger partial charge in [-0.3, -0.25) is 14.2 Å². The van der Waals surface area contributed by atoms with Gasteiger partial charge in [-0.1, -0.05) is 23.9 Å². The molecule has 3 rings (SSSR count). The van der Waals surface area contributed by atoms with Gasteiger partial charge in [-0.2, -0.15) is 0 Å². The van der Waals surface area contributed by atoms with Crippen molar-refractivity contribution < 1.29 is 14.0 Å². The van der Waals surface area contributed by atoms with E-state index in [1.165, 1.54) is 11.8 Å². The zero-order valence-corrected chi connectivity index (χ0v) is 14.8. The van der Waals surface area contributed by atoms with Crippen molar-refractivity contribution >= 4 is 29.3 Å². The van der Waals surface area contributed by atoms with Crippen LogP contribution >= 0.6 is 11.8 Å². The predicted octanol–water partition coefficient (Wildman–Crippen LogP) is 2.39. The number of amides is 2. The Labute approximate surface area is 153 Å². The number of nitrogens with zero attached hydrogens (tertiary/aromatic N) is 3. The maximum Gasteiger partial charge on any atom is 0.250 e. The van der Waals surface area contributed by atoms with Crippen LogP contribution in [0.3, 0.4) is 0 Å². The fourth-order valence-electron chi connectivity index (χ4n) is 2.39. The van der Waals surface area contributed by atoms with Gasteiger partial charge in [0.05, 0.1) is 23.3 Å². The van der Waals surface area contributed by atoms with Crippen LogP contribution in [-0.4, -0.2) is 32.3 Å². The van der Waals surface area contributed by atoms with Crippen LogP contribution in [0, 0.1) is 0 Å². The third-order valence-electron chi connectivity index (χ3n) is 3.57. The van der Waals surface area contributed by atoms with E-state index in [0.29, 0.717) is 29.0 Å². The molecular formula is C17H17N5O3S. The number of para-hydroxylation sites is 1. The maximum absolute atomic E-state index is 12.2. The first-order chi connectivity index (χ1) is 12.6. The molecule has 9 heteroatoms. The lowest BCUT2D eigenvalue weighted by Gasteiger charge is -2.09. The molecule has 2 aromatic heterocycles. The Morgan fingerprint density at radius 2 is 2.04 bits per heavy atom. The van der Waals surface area contributed by atoms with Crippen LogP contribution in [0.2, 0.25) is 0 Å². The van der Waals surface area contributed by atoms with Crippen molar-refractivity contribution in [2.45, 2.75) is 18.6 Å². The maximum atomic E-state index is 12.2. The summed E-state index contributed by atoms with van der Waals surface area (Å²) in [6.45, 7) is 2.60. The molecular weight excluding hydrogens is 354 g/mol. The molecule has 0 atom stereocenters. The van der Waals surface area contributed by atoms with Crippen LogP contribution < -0.4 is 11.1 Å². The van der Waals surface area contributed by atoms with Crippen LogP contribution in [0.1, 0.15) is 17.3 Å². The molecule has 0 aliphatic carbocycles. The summed E-state index contributed by atoms with van der Waals surface area (Å²) in [5.74, 6) is 0.477. The highest BCUT2D eigenvalue weighted by Gasteiger charge is 2.17. The van der Waals surface area contributed by atoms with Crippen LogP contribution in [0.25, 0.3) is 11.6 Å². The van der Waals surface area contributed by atoms with Gasteiger partial charge in [-0.25, -0.2) is 0 Å². The number of hydrogen-bond acceptors (Lipinski definition) is 6. The Bertz CT molecular complexity index is 920. The first-order valence-electron chi connectivity index (χ1n) is 7.88. The topological polar surface area (TPSA) is 116 Å². The van der Waals surface area contributed by atoms with Gasteiger partial charge in [0.25, 0.3) is 5.91 Å². The van der Waals surface area contributed by atoms with Crippen molar-refractivity contribution in [3.05, 3.63) is 48.2 Å². The second-order valence-electron chi connectivity index (χ2n) is 5.27. The van der Waals surface area contributed by atoms with Gasteiger partial charge in [-0.05, 0) is 31.2 Å². The highest BCUT2D eigenvalue weighted by molar-refractivity contribution is 7.99. The lowest BCUT2D eigenvalue weighted by Crippen LogP contribution is -2.19. The monoisotopic (exact) mass is 371 g/mol. The Hall–Kier alpha value is -3.07. The molecule has 0 spiro atoms. The number of nitrogens with two attached hydrogens (primary N) is 1. The number of nitrogens with one attached hydrogen (secondary N) is 1. The highest BCUT2D eigenvalue weighted by atomic mass is 32.2. The van der Waals surface area contributed by atoms with Gasteiger partial charge in [0.1, 0.15) is 0 Å². The Kier molecular flexibility index (Phi) is 5.37. The van der Waals surface area contributed by atoms with Crippen LogP contribution in [0.5, 0.6) is 0 Å². The van der Waals surface area contributed by atoms with Crippen molar-refractivity contribution in [2.75, 3.05) is 11.1 Å². The zero-order chi connectivity index (χ0) is 18.5. The summed E-state index contributed by atoms with van der Waals surface area (Å²) in [4.78, 5) is 23.7. The lowest BCUT2D eigenvalue weighted by atomic mass is 10.1. The third kappa shape index (κ3) is 3.77. The van der Waals surface area contributed by atoms with E-state index in [-0.39, 0.29) is 17.2 Å². The molecule has 2 heterocycles. The number of rotatable bonds is 7. The minimum absolute atomic E-state index is 0.114. The van der Waals surface area contributed by atoms with Crippen molar-refractivity contribution in [3.8, 4) is 11.6 Å². The normalized spacial score (nSPS) is 10.7. The Balaban J connectivity index is 1.68. The number of aromatic nitrogens is 3. The standard InChI is InChI=1S/C17H17N5O3S/c1-2-22-16(13-8-5-9-25-13)20-21-17(22)26-10-14(23)19-12-7-4-3-6-11(12)15(18)24/h3-9H,2,10H2,1H3,(H2,18,24)(H,19,23). The average Bonchev–Trinajstić information content (AvgIpc) is 3.29. The smallest absolute Gasteiger partial charge is 0.250 e. The number of carbonyl (C=O) groups is 2. The van der Waals surface area contributed by atoms with Crippen LogP contribution in [0.15, 0.2) is 52.2 Å². The van der Waals surface area contributed by atoms with E-state index in [1.807, 2.05) is 11.5 Å². The summed E-state index contributed by atoms with van der Waals surface area (Å²) >= 11 is 1.25. The lowest BCUT2D eigenvalue weighted by molar-refractivity contribution is -0.113. The molecule has 0 bridgehead atoms. The number of carbonyl (C=O) groups excluding carboxylic acids is 2. The summed E-state index contributed by atoms with van der Waals surface area (Å²) < 4.78 is 7.23. The minimum Gasteiger partial charge on any atom is -0.461 e. The molecule has 26 heavy (non-hydrogen) atoms. The second kappa shape index (κ2) is 7.87. The number of hydrogen-bond donors (Lipinski definition) is 2. The van der Waals surface area contributed by atoms with E-state index < -0.39 is 5.91 Å². The first-order valence-corrected chi connectivity index (χ1v) is 8.87. The van der Waals surface area contributed by atoms with E-state index >= 15 is 0 Å². The molecule has 0 radical (unpaired) electrons. The van der Waals surface area contributed by atoms with Gasteiger partial charge in [-0.15, -0.1) is 10.2 Å². The van der Waals surface area contributed by atoms with Crippen molar-refractivity contribution in [1.82, 2.24) is 14.8 Å². The van der Waals surface area contributed by atoms with Gasteiger partial charge >= 0.3 is 0 Å². The molecule has 0 unspecified atom stereocenters. The van der Waals surface area contributed by atoms with Crippen molar-refractivity contribution in [2.24, 2.45) is 5.73 Å². The molecule has 0 fully saturated rings. The molecule has 134 valence electrons. The molecule has 0 saturated carbocycles. The second-order valence-corrected chi connectivity index (χ2v) is 6.22. The van der Waals surface area contributed by atoms with Gasteiger partial charge in [0.2, 0.25) is 5.91 Å². The SMILES string of the molecule is CCn1c(SCC(=O)Nc2ccccc2C(N)=O)nnc1-c1ccco1. The summed E-state index contributed by atoms with van der Waals surface area (Å²) in [6.07, 6.45) is 1.57. The van der Waals surface area contributed by atoms with Crippen molar-refractivity contribution in [1.29, 1.82) is 0 Å². The van der Waals surface area contributed by atoms with E-state index in [1.54, 1.807) is 42.7 Å². The molecule has 2 amide bonds. The quantitative estimate of drug-likeness (QED) is 0.616. The summed E-state index contributed by atoms with van der Waals surface area (Å²) in [5, 5.41) is 11.6. The number of anilines is 1. The van der Waals surface area contributed by atoms with Crippen molar-refractivity contribution in [3.63, 3.8) is 0 Å². The first kappa shape index (κ1) is 17.7. The van der Waals surface area contributed by atoms with Crippen LogP contribution in [-0.2, 0) is 11.3 Å². The van der Waals surface area contributed by atoms with E-state index in [9.17, 15) is 9.59 Å². The predicted molar refractivity (Wildman–Crippen MR) is 97.7 cm³/mol. The average molecular weight is 371 g/mol. The summed E-state index contributed by atoms with van der Waals surface area (Å²) in [5.41, 5.74) is 5.97. The number of benzene rings is 1. The molecule has 0 aliphatic rings. The highest BCUT2D eigenvalue weighted by Crippen LogP contribution is 2.24. The van der Waals surface area contributed by atoms with Gasteiger partial charge < -0.3 is 15.5 Å². The fourth-order valence-corrected chi connectivity index (χ4v) is 3.19. The van der Waals surface area contributed by atoms with E-state index in [0.717, 1.165) is 0 Å². The van der Waals surface area contributed by atoms with Crippen LogP contribution in [0.4, 0.5) is 5.69 Å². The summed E-state index contributed by atoms with van der Waals surface area (Å²) in [7, 11) is 0. The Morgan fingerprint density at radius 3 is 2.73 bits per heavy atom. The summed E-state index contributed by atoms with van der Waals surface area (Å²) in [6, 6.07) is 10.2. The molecule has 1 aromatic carbocycles. The van der Waals surface area contributed by atoms with E-state index in [2.05, 4.69) is 15.5 Å². The largest absolute Gasteiger partial charge is 0.461 e. The minimum atomic E-state index is -0.595. The fraction of sp³-hybridized carbons (Fsp3) is 0.176. The molecule has 8 nitrogen and oxygen atoms in total. The number of primary amides is 1. The molecule has 0 saturated heterocycles. The zero-order valence-electron chi connectivity index (χ0n) is 14.0. The Morgan fingerprint density at radius 1 is 1.23 bits per heavy atom. The third-order valence-corrected chi connectivity index (χ3v) is 4.54. The van der Waals surface area contributed by atoms with Gasteiger partial charge in [0.15, 0.2) is 16.7 Å².